The van der Waals surface area contributed by atoms with E-state index in [9.17, 15) is 4.79 Å². The lowest BCUT2D eigenvalue weighted by molar-refractivity contribution is -0.116. The average molecular weight is 297 g/mol. The smallest absolute Gasteiger partial charge is 0.227 e. The summed E-state index contributed by atoms with van der Waals surface area (Å²) in [6, 6.07) is 7.90. The fourth-order valence-electron chi connectivity index (χ4n) is 2.51. The Morgan fingerprint density at radius 2 is 2.18 bits per heavy atom. The maximum absolute atomic E-state index is 12.0. The lowest BCUT2D eigenvalue weighted by Crippen LogP contribution is -2.15. The lowest BCUT2D eigenvalue weighted by atomic mass is 10.2. The Kier molecular flexibility index (Phi) is 3.91. The van der Waals surface area contributed by atoms with Crippen LogP contribution in [-0.4, -0.2) is 25.5 Å². The normalized spacial score (nSPS) is 11.0. The average Bonchev–Trinajstić information content (AvgIpc) is 3.12. The second-order valence-corrected chi connectivity index (χ2v) is 5.24. The summed E-state index contributed by atoms with van der Waals surface area (Å²) in [5.74, 6) is 0.534. The number of benzene rings is 1. The molecule has 0 saturated carbocycles. The number of aryl methyl sites for hydroxylation is 3. The zero-order valence-electron chi connectivity index (χ0n) is 12.8. The number of hydrogen-bond donors (Lipinski definition) is 1. The van der Waals surface area contributed by atoms with Crippen molar-refractivity contribution in [3.05, 3.63) is 42.2 Å². The van der Waals surface area contributed by atoms with Crippen molar-refractivity contribution in [2.75, 3.05) is 5.32 Å². The fourth-order valence-corrected chi connectivity index (χ4v) is 2.51. The van der Waals surface area contributed by atoms with Crippen LogP contribution >= 0.6 is 0 Å². The van der Waals surface area contributed by atoms with E-state index >= 15 is 0 Å². The largest absolute Gasteiger partial charge is 0.309 e. The summed E-state index contributed by atoms with van der Waals surface area (Å²) in [4.78, 5) is 12.0. The predicted octanol–water partition coefficient (Wildman–Crippen LogP) is 2.59. The third-order valence-electron chi connectivity index (χ3n) is 3.65. The molecule has 6 nitrogen and oxygen atoms in total. The molecule has 0 aliphatic heterocycles. The molecule has 114 valence electrons. The molecule has 1 amide bonds. The van der Waals surface area contributed by atoms with E-state index in [-0.39, 0.29) is 5.91 Å². The second-order valence-electron chi connectivity index (χ2n) is 5.24. The number of carbonyl (C=O) groups excluding carboxylic acids is 1. The van der Waals surface area contributed by atoms with Crippen molar-refractivity contribution in [3.8, 4) is 0 Å². The first-order valence-corrected chi connectivity index (χ1v) is 7.42. The maximum atomic E-state index is 12.0. The number of para-hydroxylation sites is 1. The van der Waals surface area contributed by atoms with Gasteiger partial charge in [-0.3, -0.25) is 14.2 Å². The van der Waals surface area contributed by atoms with E-state index in [0.717, 1.165) is 23.0 Å². The molecule has 0 radical (unpaired) electrons. The number of amides is 1. The summed E-state index contributed by atoms with van der Waals surface area (Å²) in [5.41, 5.74) is 2.25. The van der Waals surface area contributed by atoms with E-state index in [2.05, 4.69) is 28.5 Å². The van der Waals surface area contributed by atoms with Crippen molar-refractivity contribution in [2.24, 2.45) is 0 Å². The van der Waals surface area contributed by atoms with Gasteiger partial charge in [0.25, 0.3) is 0 Å². The van der Waals surface area contributed by atoms with Gasteiger partial charge in [0.05, 0.1) is 18.3 Å². The molecular formula is C16H19N5O. The minimum Gasteiger partial charge on any atom is -0.309 e. The summed E-state index contributed by atoms with van der Waals surface area (Å²) in [6.07, 6.45) is 4.05. The molecule has 0 bridgehead atoms. The molecule has 2 aromatic heterocycles. The maximum Gasteiger partial charge on any atom is 0.227 e. The first-order valence-electron chi connectivity index (χ1n) is 7.42. The highest BCUT2D eigenvalue weighted by Gasteiger charge is 2.09. The van der Waals surface area contributed by atoms with E-state index in [1.807, 2.05) is 36.1 Å². The molecule has 0 spiro atoms. The Bertz CT molecular complexity index is 802. The van der Waals surface area contributed by atoms with Gasteiger partial charge in [0.15, 0.2) is 5.82 Å². The molecule has 0 aliphatic carbocycles. The van der Waals surface area contributed by atoms with Crippen LogP contribution in [0.3, 0.4) is 0 Å². The minimum atomic E-state index is -0.0569. The van der Waals surface area contributed by atoms with Crippen molar-refractivity contribution < 1.29 is 4.79 Å². The summed E-state index contributed by atoms with van der Waals surface area (Å²) >= 11 is 0. The van der Waals surface area contributed by atoms with Crippen LogP contribution in [0.15, 0.2) is 36.7 Å². The number of nitrogens with zero attached hydrogens (tertiary/aromatic N) is 4. The molecule has 2 heterocycles. The zero-order valence-corrected chi connectivity index (χ0v) is 12.8. The Morgan fingerprint density at radius 1 is 1.32 bits per heavy atom. The molecule has 3 rings (SSSR count). The highest BCUT2D eigenvalue weighted by molar-refractivity contribution is 5.89. The van der Waals surface area contributed by atoms with Gasteiger partial charge in [0.2, 0.25) is 5.91 Å². The molecule has 0 fully saturated rings. The third kappa shape index (κ3) is 2.86. The molecule has 0 aliphatic rings. The standard InChI is InChI=1S/C16H19N5O/c1-3-20-9-7-14(19-20)18-15(22)8-10-21-16-12(2)5-4-6-13(16)11-17-21/h4-7,9,11H,3,8,10H2,1-2H3,(H,18,19,22). The Morgan fingerprint density at radius 3 is 2.95 bits per heavy atom. The quantitative estimate of drug-likeness (QED) is 0.787. The van der Waals surface area contributed by atoms with Crippen molar-refractivity contribution in [3.63, 3.8) is 0 Å². The third-order valence-corrected chi connectivity index (χ3v) is 3.65. The number of anilines is 1. The molecule has 3 aromatic rings. The van der Waals surface area contributed by atoms with Crippen molar-refractivity contribution in [1.29, 1.82) is 0 Å². The van der Waals surface area contributed by atoms with Gasteiger partial charge in [-0.2, -0.15) is 10.2 Å². The number of carbonyl (C=O) groups is 1. The lowest BCUT2D eigenvalue weighted by Gasteiger charge is -2.06. The monoisotopic (exact) mass is 297 g/mol. The van der Waals surface area contributed by atoms with Crippen molar-refractivity contribution >= 4 is 22.6 Å². The van der Waals surface area contributed by atoms with Crippen LogP contribution in [0.5, 0.6) is 0 Å². The highest BCUT2D eigenvalue weighted by Crippen LogP contribution is 2.18. The zero-order chi connectivity index (χ0) is 15.5. The van der Waals surface area contributed by atoms with Crippen molar-refractivity contribution in [1.82, 2.24) is 19.6 Å². The Balaban J connectivity index is 1.65. The summed E-state index contributed by atoms with van der Waals surface area (Å²) < 4.78 is 3.66. The van der Waals surface area contributed by atoms with Crippen LogP contribution in [0.2, 0.25) is 0 Å². The topological polar surface area (TPSA) is 64.7 Å². The summed E-state index contributed by atoms with van der Waals surface area (Å²) in [6.45, 7) is 5.39. The van der Waals surface area contributed by atoms with Gasteiger partial charge in [0, 0.05) is 30.6 Å². The van der Waals surface area contributed by atoms with Gasteiger partial charge < -0.3 is 5.32 Å². The van der Waals surface area contributed by atoms with Gasteiger partial charge in [-0.05, 0) is 19.4 Å². The van der Waals surface area contributed by atoms with Gasteiger partial charge in [0.1, 0.15) is 0 Å². The first kappa shape index (κ1) is 14.3. The first-order chi connectivity index (χ1) is 10.7. The minimum absolute atomic E-state index is 0.0569. The molecule has 1 N–H and O–H groups in total. The van der Waals surface area contributed by atoms with E-state index in [0.29, 0.717) is 18.8 Å². The molecule has 0 saturated heterocycles. The summed E-state index contributed by atoms with van der Waals surface area (Å²) in [7, 11) is 0. The predicted molar refractivity (Wildman–Crippen MR) is 85.6 cm³/mol. The van der Waals surface area contributed by atoms with E-state index in [1.165, 1.54) is 0 Å². The van der Waals surface area contributed by atoms with E-state index in [4.69, 9.17) is 0 Å². The van der Waals surface area contributed by atoms with Crippen LogP contribution in [0.1, 0.15) is 18.9 Å². The number of rotatable bonds is 5. The van der Waals surface area contributed by atoms with Crippen LogP contribution in [0.25, 0.3) is 10.9 Å². The van der Waals surface area contributed by atoms with E-state index < -0.39 is 0 Å². The number of fused-ring (bicyclic) bond motifs is 1. The molecule has 1 aromatic carbocycles. The van der Waals surface area contributed by atoms with Gasteiger partial charge in [-0.25, -0.2) is 0 Å². The Hall–Kier alpha value is -2.63. The second kappa shape index (κ2) is 6.01. The highest BCUT2D eigenvalue weighted by atomic mass is 16.1. The van der Waals surface area contributed by atoms with Gasteiger partial charge >= 0.3 is 0 Å². The van der Waals surface area contributed by atoms with E-state index in [1.54, 1.807) is 10.7 Å². The SMILES string of the molecule is CCn1ccc(NC(=O)CCn2ncc3cccc(C)c32)n1. The number of nitrogens with one attached hydrogen (secondary N) is 1. The number of hydrogen-bond acceptors (Lipinski definition) is 3. The molecule has 0 unspecified atom stereocenters. The molecule has 6 heteroatoms. The Labute approximate surface area is 128 Å². The molecule has 0 atom stereocenters. The fraction of sp³-hybridized carbons (Fsp3) is 0.312. The van der Waals surface area contributed by atoms with Crippen LogP contribution in [0.4, 0.5) is 5.82 Å². The molecule has 22 heavy (non-hydrogen) atoms. The molecular weight excluding hydrogens is 278 g/mol. The van der Waals surface area contributed by atoms with Crippen molar-refractivity contribution in [2.45, 2.75) is 33.4 Å². The van der Waals surface area contributed by atoms with Gasteiger partial charge in [-0.15, -0.1) is 0 Å². The van der Waals surface area contributed by atoms with Crippen LogP contribution in [0, 0.1) is 6.92 Å². The summed E-state index contributed by atoms with van der Waals surface area (Å²) in [5, 5.41) is 12.5. The van der Waals surface area contributed by atoms with Gasteiger partial charge in [-0.1, -0.05) is 18.2 Å². The van der Waals surface area contributed by atoms with Crippen LogP contribution < -0.4 is 5.32 Å². The van der Waals surface area contributed by atoms with Crippen LogP contribution in [-0.2, 0) is 17.9 Å². The number of aromatic nitrogens is 4.